The molecule has 0 aromatic heterocycles. The average Bonchev–Trinajstić information content (AvgIpc) is 2.42. The summed E-state index contributed by atoms with van der Waals surface area (Å²) in [6.07, 6.45) is 4.13. The van der Waals surface area contributed by atoms with Crippen LogP contribution in [0.4, 0.5) is 8.78 Å². The minimum atomic E-state index is -0.423. The van der Waals surface area contributed by atoms with Crippen molar-refractivity contribution < 1.29 is 8.78 Å². The molecule has 1 saturated carbocycles. The van der Waals surface area contributed by atoms with E-state index in [0.717, 1.165) is 38.8 Å². The van der Waals surface area contributed by atoms with E-state index < -0.39 is 11.6 Å². The number of rotatable bonds is 4. The Kier molecular flexibility index (Phi) is 5.34. The largest absolute Gasteiger partial charge is 0.317 e. The summed E-state index contributed by atoms with van der Waals surface area (Å²) in [6.45, 7) is 3.79. The maximum atomic E-state index is 14.2. The van der Waals surface area contributed by atoms with Gasteiger partial charge >= 0.3 is 0 Å². The summed E-state index contributed by atoms with van der Waals surface area (Å²) in [5, 5.41) is 3.31. The Balaban J connectivity index is 2.29. The van der Waals surface area contributed by atoms with Gasteiger partial charge in [0, 0.05) is 5.56 Å². The van der Waals surface area contributed by atoms with Crippen LogP contribution in [0, 0.1) is 17.6 Å². The van der Waals surface area contributed by atoms with E-state index in [1.54, 1.807) is 0 Å². The van der Waals surface area contributed by atoms with Crippen molar-refractivity contribution in [1.82, 2.24) is 5.32 Å². The molecule has 1 fully saturated rings. The zero-order chi connectivity index (χ0) is 13.8. The van der Waals surface area contributed by atoms with Gasteiger partial charge in [-0.2, -0.15) is 0 Å². The second kappa shape index (κ2) is 6.80. The zero-order valence-electron chi connectivity index (χ0n) is 11.2. The SMILES string of the molecule is CCNCC1CCCCC1c1c(F)ccc(Br)c1F. The fourth-order valence-electron chi connectivity index (χ4n) is 3.04. The molecule has 1 N–H and O–H groups in total. The van der Waals surface area contributed by atoms with Crippen molar-refractivity contribution in [2.24, 2.45) is 5.92 Å². The molecule has 19 heavy (non-hydrogen) atoms. The molecule has 0 saturated heterocycles. The molecule has 1 aliphatic carbocycles. The Bertz CT molecular complexity index is 436. The van der Waals surface area contributed by atoms with Gasteiger partial charge in [0.05, 0.1) is 4.47 Å². The van der Waals surface area contributed by atoms with Gasteiger partial charge in [-0.25, -0.2) is 8.78 Å². The van der Waals surface area contributed by atoms with Crippen LogP contribution in [0.15, 0.2) is 16.6 Å². The van der Waals surface area contributed by atoms with Gasteiger partial charge in [0.1, 0.15) is 11.6 Å². The lowest BCUT2D eigenvalue weighted by Crippen LogP contribution is -2.30. The molecule has 4 heteroatoms. The van der Waals surface area contributed by atoms with Gasteiger partial charge in [0.15, 0.2) is 0 Å². The van der Waals surface area contributed by atoms with Crippen molar-refractivity contribution in [2.45, 2.75) is 38.5 Å². The molecule has 2 rings (SSSR count). The van der Waals surface area contributed by atoms with Crippen molar-refractivity contribution in [2.75, 3.05) is 13.1 Å². The standard InChI is InChI=1S/C15H20BrF2N/c1-2-19-9-10-5-3-4-6-11(10)14-13(17)8-7-12(16)15(14)18/h7-8,10-11,19H,2-6,9H2,1H3. The first-order valence-corrected chi connectivity index (χ1v) is 7.78. The third kappa shape index (κ3) is 3.34. The Labute approximate surface area is 121 Å². The third-order valence-corrected chi connectivity index (χ3v) is 4.63. The predicted molar refractivity (Wildman–Crippen MR) is 77.3 cm³/mol. The number of nitrogens with one attached hydrogen (secondary N) is 1. The minimum Gasteiger partial charge on any atom is -0.317 e. The van der Waals surface area contributed by atoms with E-state index in [9.17, 15) is 8.78 Å². The van der Waals surface area contributed by atoms with Crippen LogP contribution in [-0.2, 0) is 0 Å². The van der Waals surface area contributed by atoms with Crippen molar-refractivity contribution in [3.05, 3.63) is 33.8 Å². The molecule has 0 aliphatic heterocycles. The Morgan fingerprint density at radius 3 is 2.74 bits per heavy atom. The molecule has 106 valence electrons. The second-order valence-electron chi connectivity index (χ2n) is 5.22. The monoisotopic (exact) mass is 331 g/mol. The highest BCUT2D eigenvalue weighted by atomic mass is 79.9. The molecule has 2 atom stereocenters. The van der Waals surface area contributed by atoms with Gasteiger partial charge in [0.25, 0.3) is 0 Å². The fourth-order valence-corrected chi connectivity index (χ4v) is 3.39. The van der Waals surface area contributed by atoms with E-state index in [0.29, 0.717) is 10.4 Å². The molecule has 1 nitrogen and oxygen atoms in total. The lowest BCUT2D eigenvalue weighted by molar-refractivity contribution is 0.285. The first kappa shape index (κ1) is 14.9. The highest BCUT2D eigenvalue weighted by Crippen LogP contribution is 2.40. The van der Waals surface area contributed by atoms with Crippen molar-refractivity contribution in [1.29, 1.82) is 0 Å². The molecule has 0 spiro atoms. The molecule has 2 unspecified atom stereocenters. The molecule has 0 amide bonds. The van der Waals surface area contributed by atoms with E-state index in [1.807, 2.05) is 0 Å². The molecular formula is C15H20BrF2N. The van der Waals surface area contributed by atoms with Crippen LogP contribution in [0.3, 0.4) is 0 Å². The number of hydrogen-bond donors (Lipinski definition) is 1. The number of halogens is 3. The Morgan fingerprint density at radius 1 is 1.26 bits per heavy atom. The van der Waals surface area contributed by atoms with Crippen molar-refractivity contribution in [3.8, 4) is 0 Å². The van der Waals surface area contributed by atoms with Crippen LogP contribution in [-0.4, -0.2) is 13.1 Å². The van der Waals surface area contributed by atoms with E-state index in [1.165, 1.54) is 12.1 Å². The highest BCUT2D eigenvalue weighted by Gasteiger charge is 2.31. The van der Waals surface area contributed by atoms with E-state index in [2.05, 4.69) is 28.2 Å². The lowest BCUT2D eigenvalue weighted by atomic mass is 9.75. The minimum absolute atomic E-state index is 0.00898. The van der Waals surface area contributed by atoms with E-state index in [4.69, 9.17) is 0 Å². The Morgan fingerprint density at radius 2 is 2.00 bits per heavy atom. The molecular weight excluding hydrogens is 312 g/mol. The molecule has 1 aromatic rings. The Hall–Kier alpha value is -0.480. The summed E-state index contributed by atoms with van der Waals surface area (Å²) in [5.41, 5.74) is 0.275. The summed E-state index contributed by atoms with van der Waals surface area (Å²) in [7, 11) is 0. The number of benzene rings is 1. The van der Waals surface area contributed by atoms with Crippen LogP contribution in [0.5, 0.6) is 0 Å². The van der Waals surface area contributed by atoms with Gasteiger partial charge in [-0.3, -0.25) is 0 Å². The smallest absolute Gasteiger partial charge is 0.143 e. The molecule has 0 bridgehead atoms. The van der Waals surface area contributed by atoms with Crippen LogP contribution < -0.4 is 5.32 Å². The highest BCUT2D eigenvalue weighted by molar-refractivity contribution is 9.10. The quantitative estimate of drug-likeness (QED) is 0.794. The van der Waals surface area contributed by atoms with E-state index >= 15 is 0 Å². The first-order chi connectivity index (χ1) is 9.15. The van der Waals surface area contributed by atoms with Gasteiger partial charge in [-0.05, 0) is 65.8 Å². The normalized spacial score (nSPS) is 23.6. The first-order valence-electron chi connectivity index (χ1n) is 6.99. The zero-order valence-corrected chi connectivity index (χ0v) is 12.8. The van der Waals surface area contributed by atoms with Crippen LogP contribution in [0.2, 0.25) is 0 Å². The molecule has 0 radical (unpaired) electrons. The van der Waals surface area contributed by atoms with Gasteiger partial charge in [-0.15, -0.1) is 0 Å². The maximum absolute atomic E-state index is 14.2. The summed E-state index contributed by atoms with van der Waals surface area (Å²) in [6, 6.07) is 2.80. The summed E-state index contributed by atoms with van der Waals surface area (Å²) in [5.74, 6) is -0.514. The van der Waals surface area contributed by atoms with Crippen molar-refractivity contribution >= 4 is 15.9 Å². The third-order valence-electron chi connectivity index (χ3n) is 4.02. The van der Waals surface area contributed by atoms with Gasteiger partial charge < -0.3 is 5.32 Å². The van der Waals surface area contributed by atoms with Crippen LogP contribution in [0.1, 0.15) is 44.1 Å². The lowest BCUT2D eigenvalue weighted by Gasteiger charge is -2.32. The summed E-state index contributed by atoms with van der Waals surface area (Å²) < 4.78 is 28.6. The molecule has 1 aromatic carbocycles. The van der Waals surface area contributed by atoms with Gasteiger partial charge in [0.2, 0.25) is 0 Å². The predicted octanol–water partition coefficient (Wildman–Crippen LogP) is 4.61. The second-order valence-corrected chi connectivity index (χ2v) is 6.07. The van der Waals surface area contributed by atoms with Crippen molar-refractivity contribution in [3.63, 3.8) is 0 Å². The molecule has 1 aliphatic rings. The van der Waals surface area contributed by atoms with Gasteiger partial charge in [-0.1, -0.05) is 19.8 Å². The topological polar surface area (TPSA) is 12.0 Å². The van der Waals surface area contributed by atoms with Crippen LogP contribution in [0.25, 0.3) is 0 Å². The molecule has 0 heterocycles. The van der Waals surface area contributed by atoms with Crippen LogP contribution >= 0.6 is 15.9 Å². The van der Waals surface area contributed by atoms with E-state index in [-0.39, 0.29) is 11.5 Å². The number of hydrogen-bond acceptors (Lipinski definition) is 1. The maximum Gasteiger partial charge on any atom is 0.143 e. The average molecular weight is 332 g/mol. The summed E-state index contributed by atoms with van der Waals surface area (Å²) in [4.78, 5) is 0. The summed E-state index contributed by atoms with van der Waals surface area (Å²) >= 11 is 3.16. The fraction of sp³-hybridized carbons (Fsp3) is 0.600.